The molecule has 0 spiro atoms. The van der Waals surface area contributed by atoms with Gasteiger partial charge in [0.1, 0.15) is 11.5 Å². The first-order valence-electron chi connectivity index (χ1n) is 17.1. The van der Waals surface area contributed by atoms with E-state index in [1.165, 1.54) is 22.3 Å². The SMILES string of the molecule is CCC(C)(C)c1ccc(OCCCCNC(=O)c2ccc(CN(Cc3ccc(C(C)(C)C)cc3)C(C)C)o2)c(C(C)(C)CC)c1. The van der Waals surface area contributed by atoms with E-state index in [1.54, 1.807) is 6.07 Å². The van der Waals surface area contributed by atoms with Gasteiger partial charge in [0.2, 0.25) is 0 Å². The van der Waals surface area contributed by atoms with Crippen LogP contribution in [0.25, 0.3) is 0 Å². The van der Waals surface area contributed by atoms with Crippen molar-refractivity contribution in [3.63, 3.8) is 0 Å². The van der Waals surface area contributed by atoms with Gasteiger partial charge in [-0.3, -0.25) is 9.69 Å². The Bertz CT molecular complexity index is 1360. The van der Waals surface area contributed by atoms with E-state index in [0.29, 0.717) is 31.5 Å². The Hall–Kier alpha value is -3.05. The molecule has 0 aliphatic rings. The fourth-order valence-corrected chi connectivity index (χ4v) is 5.25. The van der Waals surface area contributed by atoms with Crippen LogP contribution in [-0.4, -0.2) is 30.0 Å². The molecule has 5 heteroatoms. The van der Waals surface area contributed by atoms with Crippen molar-refractivity contribution in [1.29, 1.82) is 0 Å². The Balaban J connectivity index is 1.48. The molecular weight excluding hydrogens is 556 g/mol. The fourth-order valence-electron chi connectivity index (χ4n) is 5.25. The number of furan rings is 1. The third-order valence-electron chi connectivity index (χ3n) is 9.55. The number of hydrogen-bond donors (Lipinski definition) is 1. The van der Waals surface area contributed by atoms with Crippen LogP contribution in [0.4, 0.5) is 0 Å². The van der Waals surface area contributed by atoms with Gasteiger partial charge in [0.05, 0.1) is 13.2 Å². The molecule has 1 heterocycles. The van der Waals surface area contributed by atoms with Gasteiger partial charge in [0, 0.05) is 24.7 Å². The van der Waals surface area contributed by atoms with E-state index in [0.717, 1.165) is 43.7 Å². The minimum absolute atomic E-state index is 0.0366. The van der Waals surface area contributed by atoms with Crippen LogP contribution in [0.15, 0.2) is 59.0 Å². The van der Waals surface area contributed by atoms with Crippen molar-refractivity contribution in [3.8, 4) is 5.75 Å². The highest BCUT2D eigenvalue weighted by molar-refractivity contribution is 5.91. The monoisotopic (exact) mass is 616 g/mol. The molecule has 0 unspecified atom stereocenters. The molecule has 3 rings (SSSR count). The second kappa shape index (κ2) is 15.5. The van der Waals surface area contributed by atoms with E-state index in [1.807, 2.05) is 6.07 Å². The topological polar surface area (TPSA) is 54.7 Å². The average molecular weight is 617 g/mol. The number of nitrogens with zero attached hydrogens (tertiary/aromatic N) is 1. The Morgan fingerprint density at radius 3 is 2.07 bits per heavy atom. The quantitative estimate of drug-likeness (QED) is 0.163. The van der Waals surface area contributed by atoms with Gasteiger partial charge in [-0.15, -0.1) is 0 Å². The zero-order chi connectivity index (χ0) is 33.4. The molecule has 0 atom stereocenters. The Morgan fingerprint density at radius 1 is 0.822 bits per heavy atom. The lowest BCUT2D eigenvalue weighted by molar-refractivity contribution is 0.0919. The summed E-state index contributed by atoms with van der Waals surface area (Å²) in [7, 11) is 0. The minimum atomic E-state index is -0.169. The molecule has 0 saturated carbocycles. The van der Waals surface area contributed by atoms with E-state index in [4.69, 9.17) is 9.15 Å². The molecular formula is C40H60N2O3. The summed E-state index contributed by atoms with van der Waals surface area (Å²) >= 11 is 0. The van der Waals surface area contributed by atoms with Crippen molar-refractivity contribution in [2.24, 2.45) is 0 Å². The van der Waals surface area contributed by atoms with E-state index in [-0.39, 0.29) is 22.2 Å². The smallest absolute Gasteiger partial charge is 0.286 e. The van der Waals surface area contributed by atoms with Crippen LogP contribution >= 0.6 is 0 Å². The number of carbonyl (C=O) groups excluding carboxylic acids is 1. The number of nitrogens with one attached hydrogen (secondary N) is 1. The number of carbonyl (C=O) groups is 1. The number of benzene rings is 2. The fraction of sp³-hybridized carbons (Fsp3) is 0.575. The first kappa shape index (κ1) is 36.4. The average Bonchev–Trinajstić information content (AvgIpc) is 3.47. The van der Waals surface area contributed by atoms with Gasteiger partial charge in [0.15, 0.2) is 5.76 Å². The third kappa shape index (κ3) is 10.2. The zero-order valence-electron chi connectivity index (χ0n) is 30.1. The van der Waals surface area contributed by atoms with Crippen LogP contribution in [0.3, 0.4) is 0 Å². The Morgan fingerprint density at radius 2 is 1.47 bits per heavy atom. The number of amides is 1. The molecule has 2 aromatic carbocycles. The highest BCUT2D eigenvalue weighted by atomic mass is 16.5. The van der Waals surface area contributed by atoms with Crippen molar-refractivity contribution in [2.75, 3.05) is 13.2 Å². The second-order valence-electron chi connectivity index (χ2n) is 15.2. The van der Waals surface area contributed by atoms with Gasteiger partial charge in [-0.05, 0) is 90.7 Å². The van der Waals surface area contributed by atoms with Gasteiger partial charge in [-0.1, -0.05) is 98.7 Å². The summed E-state index contributed by atoms with van der Waals surface area (Å²) in [5.74, 6) is 1.97. The van der Waals surface area contributed by atoms with E-state index in [9.17, 15) is 4.79 Å². The van der Waals surface area contributed by atoms with Crippen LogP contribution in [0.1, 0.15) is 140 Å². The summed E-state index contributed by atoms with van der Waals surface area (Å²) in [6.07, 6.45) is 3.83. The Kier molecular flexibility index (Phi) is 12.5. The minimum Gasteiger partial charge on any atom is -0.493 e. The molecule has 0 fully saturated rings. The standard InChI is InChI=1S/C40H60N2O3/c1-12-39(8,9)32-20-22-35(34(26-32)40(10,11)13-2)44-25-15-14-24-41-37(43)36-23-21-33(45-36)28-42(29(3)4)27-30-16-18-31(19-17-30)38(5,6)7/h16-23,26,29H,12-15,24-25,27-28H2,1-11H3,(H,41,43). The van der Waals surface area contributed by atoms with Crippen molar-refractivity contribution in [2.45, 2.75) is 137 Å². The number of hydrogen-bond acceptors (Lipinski definition) is 4. The summed E-state index contributed by atoms with van der Waals surface area (Å²) in [4.78, 5) is 15.2. The maximum atomic E-state index is 12.8. The van der Waals surface area contributed by atoms with Crippen molar-refractivity contribution >= 4 is 5.91 Å². The van der Waals surface area contributed by atoms with Crippen LogP contribution < -0.4 is 10.1 Å². The largest absolute Gasteiger partial charge is 0.493 e. The lowest BCUT2D eigenvalue weighted by Gasteiger charge is -2.30. The van der Waals surface area contributed by atoms with Gasteiger partial charge < -0.3 is 14.5 Å². The second-order valence-corrected chi connectivity index (χ2v) is 15.2. The molecule has 0 saturated heterocycles. The summed E-state index contributed by atoms with van der Waals surface area (Å²) in [5.41, 5.74) is 5.56. The molecule has 1 aromatic heterocycles. The highest BCUT2D eigenvalue weighted by Crippen LogP contribution is 2.38. The predicted molar refractivity (Wildman–Crippen MR) is 188 cm³/mol. The molecule has 45 heavy (non-hydrogen) atoms. The van der Waals surface area contributed by atoms with Crippen LogP contribution in [0.2, 0.25) is 0 Å². The first-order chi connectivity index (χ1) is 21.1. The molecule has 0 aliphatic heterocycles. The zero-order valence-corrected chi connectivity index (χ0v) is 30.1. The molecule has 3 aromatic rings. The van der Waals surface area contributed by atoms with Crippen molar-refractivity contribution in [3.05, 3.63) is 88.4 Å². The molecule has 1 N–H and O–H groups in total. The summed E-state index contributed by atoms with van der Waals surface area (Å²) < 4.78 is 12.3. The molecule has 0 bridgehead atoms. The van der Waals surface area contributed by atoms with E-state index < -0.39 is 0 Å². The maximum absolute atomic E-state index is 12.8. The lowest BCUT2D eigenvalue weighted by atomic mass is 9.76. The van der Waals surface area contributed by atoms with E-state index >= 15 is 0 Å². The van der Waals surface area contributed by atoms with Crippen molar-refractivity contribution < 1.29 is 13.9 Å². The first-order valence-corrected chi connectivity index (χ1v) is 17.1. The Labute approximate surface area is 274 Å². The number of ether oxygens (including phenoxy) is 1. The van der Waals surface area contributed by atoms with Gasteiger partial charge >= 0.3 is 0 Å². The number of unbranched alkanes of at least 4 members (excludes halogenated alkanes) is 1. The molecule has 1 amide bonds. The molecule has 5 nitrogen and oxygen atoms in total. The van der Waals surface area contributed by atoms with Crippen molar-refractivity contribution in [1.82, 2.24) is 10.2 Å². The molecule has 248 valence electrons. The number of rotatable bonds is 16. The maximum Gasteiger partial charge on any atom is 0.286 e. The van der Waals surface area contributed by atoms with E-state index in [2.05, 4.69) is 129 Å². The lowest BCUT2D eigenvalue weighted by Crippen LogP contribution is -2.29. The molecule has 0 aliphatic carbocycles. The predicted octanol–water partition coefficient (Wildman–Crippen LogP) is 9.95. The summed E-state index contributed by atoms with van der Waals surface area (Å²) in [6.45, 7) is 27.4. The normalized spacial score (nSPS) is 12.6. The van der Waals surface area contributed by atoms with Crippen LogP contribution in [0, 0.1) is 0 Å². The van der Waals surface area contributed by atoms with Crippen LogP contribution in [-0.2, 0) is 29.3 Å². The molecule has 0 radical (unpaired) electrons. The van der Waals surface area contributed by atoms with Gasteiger partial charge in [-0.25, -0.2) is 0 Å². The van der Waals surface area contributed by atoms with Gasteiger partial charge in [-0.2, -0.15) is 0 Å². The third-order valence-corrected chi connectivity index (χ3v) is 9.55. The summed E-state index contributed by atoms with van der Waals surface area (Å²) in [5, 5.41) is 3.02. The highest BCUT2D eigenvalue weighted by Gasteiger charge is 2.26. The van der Waals surface area contributed by atoms with Crippen LogP contribution in [0.5, 0.6) is 5.75 Å². The van der Waals surface area contributed by atoms with Gasteiger partial charge in [0.25, 0.3) is 5.91 Å². The summed E-state index contributed by atoms with van der Waals surface area (Å²) in [6, 6.07) is 19.7.